The normalized spacial score (nSPS) is 20.2. The van der Waals surface area contributed by atoms with Crippen molar-refractivity contribution >= 4 is 6.03 Å². The SMILES string of the molecule is NCCC1CNC(=O)N(Cc2cccnc2)C1. The second-order valence-corrected chi connectivity index (χ2v) is 4.37. The average Bonchev–Trinajstić information content (AvgIpc) is 2.35. The van der Waals surface area contributed by atoms with E-state index in [4.69, 9.17) is 5.73 Å². The Morgan fingerprint density at radius 1 is 1.59 bits per heavy atom. The van der Waals surface area contributed by atoms with Crippen LogP contribution in [0.4, 0.5) is 4.79 Å². The van der Waals surface area contributed by atoms with Gasteiger partial charge in [-0.2, -0.15) is 0 Å². The van der Waals surface area contributed by atoms with Crippen LogP contribution in [0.1, 0.15) is 12.0 Å². The van der Waals surface area contributed by atoms with E-state index < -0.39 is 0 Å². The molecule has 1 atom stereocenters. The topological polar surface area (TPSA) is 71.2 Å². The van der Waals surface area contributed by atoms with Crippen LogP contribution < -0.4 is 11.1 Å². The Kier molecular flexibility index (Phi) is 3.93. The Hall–Kier alpha value is -1.62. The Labute approximate surface area is 101 Å². The summed E-state index contributed by atoms with van der Waals surface area (Å²) in [4.78, 5) is 17.6. The third-order valence-corrected chi connectivity index (χ3v) is 2.98. The quantitative estimate of drug-likeness (QED) is 0.800. The van der Waals surface area contributed by atoms with Crippen LogP contribution in [0.15, 0.2) is 24.5 Å². The van der Waals surface area contributed by atoms with Crippen LogP contribution in [-0.4, -0.2) is 35.5 Å². The number of nitrogens with zero attached hydrogens (tertiary/aromatic N) is 2. The summed E-state index contributed by atoms with van der Waals surface area (Å²) < 4.78 is 0. The first-order chi connectivity index (χ1) is 8.29. The average molecular weight is 234 g/mol. The molecule has 5 heteroatoms. The monoisotopic (exact) mass is 234 g/mol. The van der Waals surface area contributed by atoms with Gasteiger partial charge in [0, 0.05) is 32.0 Å². The van der Waals surface area contributed by atoms with Crippen LogP contribution in [0.25, 0.3) is 0 Å². The van der Waals surface area contributed by atoms with Crippen molar-refractivity contribution in [3.63, 3.8) is 0 Å². The lowest BCUT2D eigenvalue weighted by Gasteiger charge is -2.33. The van der Waals surface area contributed by atoms with Crippen LogP contribution in [0.3, 0.4) is 0 Å². The van der Waals surface area contributed by atoms with Crippen molar-refractivity contribution in [2.24, 2.45) is 11.7 Å². The van der Waals surface area contributed by atoms with E-state index in [-0.39, 0.29) is 6.03 Å². The summed E-state index contributed by atoms with van der Waals surface area (Å²) in [5.41, 5.74) is 6.60. The molecule has 5 nitrogen and oxygen atoms in total. The predicted molar refractivity (Wildman–Crippen MR) is 65.2 cm³/mol. The molecule has 1 aliphatic heterocycles. The van der Waals surface area contributed by atoms with E-state index in [9.17, 15) is 4.79 Å². The molecule has 1 aliphatic rings. The van der Waals surface area contributed by atoms with E-state index in [0.717, 1.165) is 25.1 Å². The molecule has 0 radical (unpaired) electrons. The Balaban J connectivity index is 1.96. The van der Waals surface area contributed by atoms with Crippen LogP contribution in [0.2, 0.25) is 0 Å². The van der Waals surface area contributed by atoms with Gasteiger partial charge in [-0.15, -0.1) is 0 Å². The number of carbonyl (C=O) groups excluding carboxylic acids is 1. The van der Waals surface area contributed by atoms with E-state index in [1.165, 1.54) is 0 Å². The van der Waals surface area contributed by atoms with Gasteiger partial charge in [-0.25, -0.2) is 4.79 Å². The molecule has 0 spiro atoms. The smallest absolute Gasteiger partial charge is 0.317 e. The fourth-order valence-electron chi connectivity index (χ4n) is 2.08. The number of aromatic nitrogens is 1. The van der Waals surface area contributed by atoms with Crippen molar-refractivity contribution in [1.29, 1.82) is 0 Å². The van der Waals surface area contributed by atoms with Gasteiger partial charge in [0.1, 0.15) is 0 Å². The Morgan fingerprint density at radius 2 is 2.47 bits per heavy atom. The van der Waals surface area contributed by atoms with Gasteiger partial charge in [-0.1, -0.05) is 6.07 Å². The highest BCUT2D eigenvalue weighted by atomic mass is 16.2. The lowest BCUT2D eigenvalue weighted by molar-refractivity contribution is 0.162. The lowest BCUT2D eigenvalue weighted by Crippen LogP contribution is -2.50. The van der Waals surface area contributed by atoms with Crippen molar-refractivity contribution in [2.75, 3.05) is 19.6 Å². The molecule has 2 amide bonds. The number of nitrogens with one attached hydrogen (secondary N) is 1. The summed E-state index contributed by atoms with van der Waals surface area (Å²) >= 11 is 0. The van der Waals surface area contributed by atoms with E-state index in [2.05, 4.69) is 10.3 Å². The largest absolute Gasteiger partial charge is 0.338 e. The minimum Gasteiger partial charge on any atom is -0.338 e. The number of carbonyl (C=O) groups is 1. The molecule has 3 N–H and O–H groups in total. The van der Waals surface area contributed by atoms with Gasteiger partial charge in [0.15, 0.2) is 0 Å². The van der Waals surface area contributed by atoms with Gasteiger partial charge in [-0.05, 0) is 30.5 Å². The number of urea groups is 1. The van der Waals surface area contributed by atoms with Crippen LogP contribution in [-0.2, 0) is 6.54 Å². The fourth-order valence-corrected chi connectivity index (χ4v) is 2.08. The minimum atomic E-state index is 0.00197. The van der Waals surface area contributed by atoms with Crippen molar-refractivity contribution in [1.82, 2.24) is 15.2 Å². The van der Waals surface area contributed by atoms with Gasteiger partial charge >= 0.3 is 6.03 Å². The Bertz CT molecular complexity index is 368. The van der Waals surface area contributed by atoms with Gasteiger partial charge < -0.3 is 16.0 Å². The third-order valence-electron chi connectivity index (χ3n) is 2.98. The van der Waals surface area contributed by atoms with Gasteiger partial charge in [0.2, 0.25) is 0 Å². The maximum absolute atomic E-state index is 11.7. The first-order valence-electron chi connectivity index (χ1n) is 5.91. The molecule has 0 aromatic carbocycles. The molecule has 2 rings (SSSR count). The standard InChI is InChI=1S/C12H18N4O/c13-4-3-11-7-15-12(17)16(9-11)8-10-2-1-5-14-6-10/h1-2,5-6,11H,3-4,7-9,13H2,(H,15,17). The number of hydrogen-bond donors (Lipinski definition) is 2. The second-order valence-electron chi connectivity index (χ2n) is 4.37. The molecule has 0 bridgehead atoms. The summed E-state index contributed by atoms with van der Waals surface area (Å²) in [6, 6.07) is 3.86. The molecule has 92 valence electrons. The summed E-state index contributed by atoms with van der Waals surface area (Å²) in [6.45, 7) is 2.79. The molecule has 1 aromatic heterocycles. The van der Waals surface area contributed by atoms with Crippen molar-refractivity contribution < 1.29 is 4.79 Å². The summed E-state index contributed by atoms with van der Waals surface area (Å²) in [5, 5.41) is 2.90. The molecule has 1 unspecified atom stereocenters. The molecule has 1 aromatic rings. The number of rotatable bonds is 4. The first kappa shape index (κ1) is 11.9. The summed E-state index contributed by atoms with van der Waals surface area (Å²) in [5.74, 6) is 0.453. The van der Waals surface area contributed by atoms with Gasteiger partial charge in [0.25, 0.3) is 0 Å². The molecule has 17 heavy (non-hydrogen) atoms. The highest BCUT2D eigenvalue weighted by Crippen LogP contribution is 2.13. The molecule has 2 heterocycles. The molecule has 1 saturated heterocycles. The second kappa shape index (κ2) is 5.63. The zero-order valence-electron chi connectivity index (χ0n) is 9.80. The van der Waals surface area contributed by atoms with Gasteiger partial charge in [-0.3, -0.25) is 4.98 Å². The molecule has 1 fully saturated rings. The number of amides is 2. The number of hydrogen-bond acceptors (Lipinski definition) is 3. The minimum absolute atomic E-state index is 0.00197. The maximum atomic E-state index is 11.7. The highest BCUT2D eigenvalue weighted by Gasteiger charge is 2.24. The number of pyridine rings is 1. The van der Waals surface area contributed by atoms with E-state index in [1.807, 2.05) is 17.0 Å². The van der Waals surface area contributed by atoms with E-state index in [1.54, 1.807) is 12.4 Å². The third kappa shape index (κ3) is 3.17. The zero-order valence-corrected chi connectivity index (χ0v) is 9.80. The van der Waals surface area contributed by atoms with Crippen molar-refractivity contribution in [2.45, 2.75) is 13.0 Å². The number of nitrogens with two attached hydrogens (primary N) is 1. The fraction of sp³-hybridized carbons (Fsp3) is 0.500. The summed E-state index contributed by atoms with van der Waals surface area (Å²) in [7, 11) is 0. The first-order valence-corrected chi connectivity index (χ1v) is 5.91. The van der Waals surface area contributed by atoms with Crippen LogP contribution in [0, 0.1) is 5.92 Å². The molecule has 0 saturated carbocycles. The maximum Gasteiger partial charge on any atom is 0.317 e. The van der Waals surface area contributed by atoms with Crippen LogP contribution in [0.5, 0.6) is 0 Å². The summed E-state index contributed by atoms with van der Waals surface area (Å²) in [6.07, 6.45) is 4.47. The van der Waals surface area contributed by atoms with E-state index in [0.29, 0.717) is 19.0 Å². The lowest BCUT2D eigenvalue weighted by atomic mass is 10.0. The highest BCUT2D eigenvalue weighted by molar-refractivity contribution is 5.74. The molecular formula is C12H18N4O. The van der Waals surface area contributed by atoms with Crippen LogP contribution >= 0.6 is 0 Å². The molecule has 0 aliphatic carbocycles. The Morgan fingerprint density at radius 3 is 3.18 bits per heavy atom. The zero-order chi connectivity index (χ0) is 12.1. The molecular weight excluding hydrogens is 216 g/mol. The van der Waals surface area contributed by atoms with Crippen molar-refractivity contribution in [3.05, 3.63) is 30.1 Å². The van der Waals surface area contributed by atoms with Gasteiger partial charge in [0.05, 0.1) is 0 Å². The van der Waals surface area contributed by atoms with Crippen molar-refractivity contribution in [3.8, 4) is 0 Å². The van der Waals surface area contributed by atoms with E-state index >= 15 is 0 Å². The predicted octanol–water partition coefficient (Wildman–Crippen LogP) is 0.572.